The molecule has 4 saturated heterocycles. The number of benzene rings is 2. The molecule has 12 heteroatoms. The highest BCUT2D eigenvalue weighted by Crippen LogP contribution is 2.42. The van der Waals surface area contributed by atoms with Crippen LogP contribution in [0.3, 0.4) is 0 Å². The molecule has 0 aliphatic carbocycles. The Morgan fingerprint density at radius 3 is 2.64 bits per heavy atom. The molecule has 45 heavy (non-hydrogen) atoms. The molecule has 4 aromatic rings. The maximum atomic E-state index is 16.7. The van der Waals surface area contributed by atoms with Gasteiger partial charge in [0.05, 0.1) is 11.1 Å². The van der Waals surface area contributed by atoms with Crippen molar-refractivity contribution in [2.45, 2.75) is 55.9 Å². The van der Waals surface area contributed by atoms with Gasteiger partial charge in [0.2, 0.25) is 5.95 Å². The van der Waals surface area contributed by atoms with Crippen LogP contribution in [0.25, 0.3) is 32.9 Å². The number of nitrogens with zero attached hydrogens (tertiary/aromatic N) is 5. The molecule has 4 atom stereocenters. The van der Waals surface area contributed by atoms with Crippen molar-refractivity contribution in [3.8, 4) is 35.4 Å². The van der Waals surface area contributed by atoms with Crippen LogP contribution in [0.4, 0.5) is 23.4 Å². The molecule has 232 valence electrons. The summed E-state index contributed by atoms with van der Waals surface area (Å²) in [5, 5.41) is 14.2. The van der Waals surface area contributed by atoms with Gasteiger partial charge in [0.1, 0.15) is 46.8 Å². The molecular weight excluding hydrogens is 588 g/mol. The number of ether oxygens (including phenoxy) is 1. The first-order valence-electron chi connectivity index (χ1n) is 15.2. The smallest absolute Gasteiger partial charge is 0.319 e. The van der Waals surface area contributed by atoms with Crippen LogP contribution in [0.1, 0.15) is 37.7 Å². The summed E-state index contributed by atoms with van der Waals surface area (Å²) < 4.78 is 68.3. The maximum Gasteiger partial charge on any atom is 0.319 e. The van der Waals surface area contributed by atoms with Crippen molar-refractivity contribution in [3.63, 3.8) is 0 Å². The standard InChI is InChI=1S/C33H30F4N6O2/c1-2-22-24(35)7-4-17-10-21(44)11-23(25(17)22)28-27(36)29-26(30(37)39-28)31(42-14-19-5-6-20(15-42)38-19)41-32(40-29)45-16-33-8-3-9-43(33)13-18(34)12-33/h1,4,7,10-11,18-20,38,44H,3,5-6,8-9,12-16H2/t18-,19?,20?,33+/m1/s1. The van der Waals surface area contributed by atoms with Gasteiger partial charge in [0.25, 0.3) is 0 Å². The lowest BCUT2D eigenvalue weighted by Crippen LogP contribution is -2.51. The fourth-order valence-corrected chi connectivity index (χ4v) is 7.94. The molecule has 2 unspecified atom stereocenters. The van der Waals surface area contributed by atoms with Gasteiger partial charge in [-0.2, -0.15) is 14.4 Å². The van der Waals surface area contributed by atoms with E-state index in [0.29, 0.717) is 31.4 Å². The monoisotopic (exact) mass is 618 g/mol. The van der Waals surface area contributed by atoms with E-state index in [0.717, 1.165) is 38.3 Å². The summed E-state index contributed by atoms with van der Waals surface area (Å²) in [7, 11) is 0. The van der Waals surface area contributed by atoms with Crippen LogP contribution >= 0.6 is 0 Å². The number of halogens is 4. The Morgan fingerprint density at radius 1 is 1.07 bits per heavy atom. The number of pyridine rings is 1. The second-order valence-corrected chi connectivity index (χ2v) is 12.7. The molecule has 4 aliphatic rings. The minimum Gasteiger partial charge on any atom is -0.508 e. The molecule has 8 rings (SSSR count). The summed E-state index contributed by atoms with van der Waals surface area (Å²) in [6.45, 7) is 2.26. The number of fused-ring (bicyclic) bond motifs is 5. The average Bonchev–Trinajstić information content (AvgIpc) is 3.67. The van der Waals surface area contributed by atoms with Gasteiger partial charge in [0, 0.05) is 49.1 Å². The van der Waals surface area contributed by atoms with Crippen molar-refractivity contribution >= 4 is 27.5 Å². The van der Waals surface area contributed by atoms with Crippen molar-refractivity contribution in [2.75, 3.05) is 37.7 Å². The summed E-state index contributed by atoms with van der Waals surface area (Å²) >= 11 is 0. The van der Waals surface area contributed by atoms with Gasteiger partial charge in [-0.1, -0.05) is 12.0 Å². The van der Waals surface area contributed by atoms with Crippen molar-refractivity contribution in [2.24, 2.45) is 0 Å². The van der Waals surface area contributed by atoms with E-state index in [-0.39, 0.29) is 63.7 Å². The number of hydrogen-bond acceptors (Lipinski definition) is 8. The Labute approximate surface area is 256 Å². The van der Waals surface area contributed by atoms with E-state index in [1.165, 1.54) is 18.2 Å². The Morgan fingerprint density at radius 2 is 1.87 bits per heavy atom. The zero-order valence-corrected chi connectivity index (χ0v) is 24.3. The number of terminal acetylenes is 1. The van der Waals surface area contributed by atoms with Crippen molar-refractivity contribution in [1.82, 2.24) is 25.2 Å². The highest BCUT2D eigenvalue weighted by atomic mass is 19.1. The van der Waals surface area contributed by atoms with Gasteiger partial charge in [0.15, 0.2) is 5.82 Å². The van der Waals surface area contributed by atoms with Crippen LogP contribution in [0, 0.1) is 29.9 Å². The van der Waals surface area contributed by atoms with Crippen molar-refractivity contribution in [3.05, 3.63) is 47.4 Å². The third-order valence-corrected chi connectivity index (χ3v) is 9.90. The number of alkyl halides is 1. The van der Waals surface area contributed by atoms with Gasteiger partial charge in [-0.3, -0.25) is 4.90 Å². The second kappa shape index (κ2) is 10.4. The molecule has 0 saturated carbocycles. The summed E-state index contributed by atoms with van der Waals surface area (Å²) in [6, 6.07) is 5.25. The summed E-state index contributed by atoms with van der Waals surface area (Å²) in [5.74, 6) is -0.563. The number of phenols is 1. The largest absolute Gasteiger partial charge is 0.508 e. The normalized spacial score (nSPS) is 26.1. The van der Waals surface area contributed by atoms with E-state index in [4.69, 9.17) is 11.2 Å². The fourth-order valence-electron chi connectivity index (χ4n) is 7.94. The zero-order valence-electron chi connectivity index (χ0n) is 24.3. The number of hydrogen-bond donors (Lipinski definition) is 2. The zero-order chi connectivity index (χ0) is 31.0. The fraction of sp³-hybridized carbons (Fsp3) is 0.424. The number of phenolic OH excluding ortho intramolecular Hbond substituents is 1. The summed E-state index contributed by atoms with van der Waals surface area (Å²) in [5.41, 5.74) is -1.62. The van der Waals surface area contributed by atoms with Crippen molar-refractivity contribution in [1.29, 1.82) is 0 Å². The first-order chi connectivity index (χ1) is 21.7. The van der Waals surface area contributed by atoms with E-state index < -0.39 is 35.0 Å². The number of piperazine rings is 1. The molecule has 4 aliphatic heterocycles. The van der Waals surface area contributed by atoms with Crippen LogP contribution in [0.5, 0.6) is 11.8 Å². The van der Waals surface area contributed by atoms with Crippen molar-refractivity contribution < 1.29 is 27.4 Å². The van der Waals surface area contributed by atoms with Gasteiger partial charge >= 0.3 is 6.01 Å². The summed E-state index contributed by atoms with van der Waals surface area (Å²) in [4.78, 5) is 17.0. The number of anilines is 1. The molecule has 2 aromatic carbocycles. The Balaban J connectivity index is 1.30. The van der Waals surface area contributed by atoms with E-state index >= 15 is 8.78 Å². The average molecular weight is 619 g/mol. The molecule has 8 nitrogen and oxygen atoms in total. The minimum absolute atomic E-state index is 0.0842. The molecule has 4 fully saturated rings. The molecule has 6 heterocycles. The number of aromatic hydroxyl groups is 1. The first-order valence-corrected chi connectivity index (χ1v) is 15.2. The van der Waals surface area contributed by atoms with Crippen LogP contribution in [0.2, 0.25) is 0 Å². The lowest BCUT2D eigenvalue weighted by Gasteiger charge is -2.34. The predicted octanol–water partition coefficient (Wildman–Crippen LogP) is 4.85. The highest BCUT2D eigenvalue weighted by molar-refractivity contribution is 6.03. The Hall–Kier alpha value is -4.21. The highest BCUT2D eigenvalue weighted by Gasteiger charge is 2.49. The predicted molar refractivity (Wildman–Crippen MR) is 160 cm³/mol. The van der Waals surface area contributed by atoms with Gasteiger partial charge < -0.3 is 20.1 Å². The number of rotatable bonds is 5. The first kappa shape index (κ1) is 28.3. The molecule has 2 N–H and O–H groups in total. The van der Waals surface area contributed by atoms with Gasteiger partial charge in [-0.15, -0.1) is 6.42 Å². The topological polar surface area (TPSA) is 86.6 Å². The van der Waals surface area contributed by atoms with Gasteiger partial charge in [-0.05, 0) is 55.8 Å². The van der Waals surface area contributed by atoms with Crippen LogP contribution in [0.15, 0.2) is 24.3 Å². The quantitative estimate of drug-likeness (QED) is 0.187. The van der Waals surface area contributed by atoms with E-state index in [2.05, 4.69) is 31.1 Å². The number of nitrogens with one attached hydrogen (secondary N) is 1. The van der Waals surface area contributed by atoms with Crippen LogP contribution in [-0.2, 0) is 0 Å². The minimum atomic E-state index is -1.03. The van der Waals surface area contributed by atoms with Crippen LogP contribution in [-0.4, -0.2) is 81.5 Å². The third-order valence-electron chi connectivity index (χ3n) is 9.90. The SMILES string of the molecule is C#Cc1c(F)ccc2cc(O)cc(-c3nc(F)c4c(N5CC6CCC(C5)N6)nc(OC[C@@]56CCCN5C[C@H](F)C6)nc4c3F)c12. The number of aromatic nitrogens is 3. The Bertz CT molecular complexity index is 1900. The van der Waals surface area contributed by atoms with E-state index in [9.17, 15) is 13.9 Å². The maximum absolute atomic E-state index is 16.7. The van der Waals surface area contributed by atoms with E-state index in [1.807, 2.05) is 4.90 Å². The molecule has 0 spiro atoms. The lowest BCUT2D eigenvalue weighted by atomic mass is 9.95. The molecule has 0 radical (unpaired) electrons. The molecule has 2 aromatic heterocycles. The van der Waals surface area contributed by atoms with E-state index in [1.54, 1.807) is 0 Å². The summed E-state index contributed by atoms with van der Waals surface area (Å²) in [6.07, 6.45) is 8.56. The van der Waals surface area contributed by atoms with Crippen LogP contribution < -0.4 is 15.0 Å². The lowest BCUT2D eigenvalue weighted by molar-refractivity contribution is 0.107. The molecular formula is C33H30F4N6O2. The third kappa shape index (κ3) is 4.55. The Kier molecular flexibility index (Phi) is 6.55. The molecule has 2 bridgehead atoms. The molecule has 0 amide bonds. The van der Waals surface area contributed by atoms with Gasteiger partial charge in [-0.25, -0.2) is 18.2 Å². The second-order valence-electron chi connectivity index (χ2n) is 12.7.